The van der Waals surface area contributed by atoms with Gasteiger partial charge in [0.05, 0.1) is 15.1 Å². The van der Waals surface area contributed by atoms with E-state index in [0.717, 1.165) is 15.3 Å². The fraction of sp³-hybridized carbons (Fsp3) is 0.312. The van der Waals surface area contributed by atoms with Crippen molar-refractivity contribution in [3.05, 3.63) is 35.7 Å². The molecule has 7 nitrogen and oxygen atoms in total. The first-order chi connectivity index (χ1) is 12.7. The molecule has 1 aliphatic rings. The zero-order chi connectivity index (χ0) is 19.2. The minimum absolute atomic E-state index is 0.275. The standard InChI is InChI=1S/C16H17N3O4S4/c1-26(20,21)12-4-5-13-14(11-12)25-16(17-13)18-6-8-19(9-7-18)27(22,23)15-3-2-10-24-15/h2-5,10-11H,6-9H2,1H3. The third kappa shape index (κ3) is 3.61. The molecule has 11 heteroatoms. The lowest BCUT2D eigenvalue weighted by molar-refractivity contribution is 0.386. The summed E-state index contributed by atoms with van der Waals surface area (Å²) in [5.74, 6) is 0. The molecule has 4 rings (SSSR count). The average Bonchev–Trinajstić information content (AvgIpc) is 3.30. The topological polar surface area (TPSA) is 87.7 Å². The van der Waals surface area contributed by atoms with E-state index in [1.807, 2.05) is 4.90 Å². The summed E-state index contributed by atoms with van der Waals surface area (Å²) in [6, 6.07) is 8.28. The SMILES string of the molecule is CS(=O)(=O)c1ccc2nc(N3CCN(S(=O)(=O)c4cccs4)CC3)sc2c1. The van der Waals surface area contributed by atoms with Gasteiger partial charge in [-0.05, 0) is 29.6 Å². The predicted molar refractivity (Wildman–Crippen MR) is 108 cm³/mol. The lowest BCUT2D eigenvalue weighted by atomic mass is 10.3. The number of aromatic nitrogens is 1. The summed E-state index contributed by atoms with van der Waals surface area (Å²) in [4.78, 5) is 6.90. The molecule has 3 aromatic rings. The number of thiophene rings is 1. The van der Waals surface area contributed by atoms with Gasteiger partial charge in [0.2, 0.25) is 0 Å². The Bertz CT molecular complexity index is 1180. The lowest BCUT2D eigenvalue weighted by Gasteiger charge is -2.33. The van der Waals surface area contributed by atoms with Crippen molar-refractivity contribution in [3.8, 4) is 0 Å². The van der Waals surface area contributed by atoms with Crippen LogP contribution in [0.2, 0.25) is 0 Å². The molecule has 3 heterocycles. The van der Waals surface area contributed by atoms with Gasteiger partial charge in [-0.1, -0.05) is 17.4 Å². The van der Waals surface area contributed by atoms with Crippen molar-refractivity contribution in [3.63, 3.8) is 0 Å². The van der Waals surface area contributed by atoms with Crippen LogP contribution in [0.1, 0.15) is 0 Å². The van der Waals surface area contributed by atoms with Crippen LogP contribution in [0.4, 0.5) is 5.13 Å². The fourth-order valence-electron chi connectivity index (χ4n) is 2.92. The maximum Gasteiger partial charge on any atom is 0.252 e. The molecule has 0 spiro atoms. The Morgan fingerprint density at radius 3 is 2.41 bits per heavy atom. The second-order valence-corrected chi connectivity index (χ2v) is 12.4. The van der Waals surface area contributed by atoms with Crippen LogP contribution in [0.15, 0.2) is 44.8 Å². The lowest BCUT2D eigenvalue weighted by Crippen LogP contribution is -2.48. The number of anilines is 1. The fourth-order valence-corrected chi connectivity index (χ4v) is 7.26. The monoisotopic (exact) mass is 443 g/mol. The van der Waals surface area contributed by atoms with Gasteiger partial charge in [-0.2, -0.15) is 4.31 Å². The highest BCUT2D eigenvalue weighted by Gasteiger charge is 2.30. The highest BCUT2D eigenvalue weighted by atomic mass is 32.2. The Hall–Kier alpha value is -1.53. The molecular formula is C16H17N3O4S4. The molecule has 1 saturated heterocycles. The average molecular weight is 444 g/mol. The Labute approximate surface area is 165 Å². The molecule has 1 aliphatic heterocycles. The van der Waals surface area contributed by atoms with Gasteiger partial charge in [0.25, 0.3) is 10.0 Å². The van der Waals surface area contributed by atoms with E-state index in [4.69, 9.17) is 0 Å². The van der Waals surface area contributed by atoms with Crippen LogP contribution in [0.5, 0.6) is 0 Å². The highest BCUT2D eigenvalue weighted by molar-refractivity contribution is 7.91. The van der Waals surface area contributed by atoms with Crippen LogP contribution < -0.4 is 4.90 Å². The molecule has 0 amide bonds. The van der Waals surface area contributed by atoms with Crippen molar-refractivity contribution in [1.29, 1.82) is 0 Å². The summed E-state index contributed by atoms with van der Waals surface area (Å²) in [5, 5.41) is 2.54. The second kappa shape index (κ2) is 6.82. The van der Waals surface area contributed by atoms with Gasteiger partial charge < -0.3 is 4.90 Å². The molecule has 144 valence electrons. The summed E-state index contributed by atoms with van der Waals surface area (Å²) in [5.41, 5.74) is 0.746. The van der Waals surface area contributed by atoms with Gasteiger partial charge in [-0.3, -0.25) is 0 Å². The Kier molecular flexibility index (Phi) is 4.75. The number of piperazine rings is 1. The Morgan fingerprint density at radius 2 is 1.78 bits per heavy atom. The van der Waals surface area contributed by atoms with E-state index in [9.17, 15) is 16.8 Å². The summed E-state index contributed by atoms with van der Waals surface area (Å²) in [7, 11) is -6.69. The molecule has 0 atom stereocenters. The van der Waals surface area contributed by atoms with Gasteiger partial charge in [0.1, 0.15) is 4.21 Å². The maximum absolute atomic E-state index is 12.6. The number of hydrogen-bond acceptors (Lipinski definition) is 8. The third-order valence-electron chi connectivity index (χ3n) is 4.38. The third-order valence-corrected chi connectivity index (χ3v) is 9.84. The predicted octanol–water partition coefficient (Wildman–Crippen LogP) is 2.27. The highest BCUT2D eigenvalue weighted by Crippen LogP contribution is 2.32. The Morgan fingerprint density at radius 1 is 1.04 bits per heavy atom. The van der Waals surface area contributed by atoms with E-state index in [1.54, 1.807) is 35.7 Å². The number of benzene rings is 1. The summed E-state index contributed by atoms with van der Waals surface area (Å²) in [6.07, 6.45) is 1.18. The molecule has 2 aromatic heterocycles. The van der Waals surface area contributed by atoms with E-state index in [2.05, 4.69) is 4.98 Å². The molecule has 0 radical (unpaired) electrons. The molecule has 0 N–H and O–H groups in total. The number of rotatable bonds is 4. The Balaban J connectivity index is 1.53. The van der Waals surface area contributed by atoms with E-state index in [-0.39, 0.29) is 4.90 Å². The number of nitrogens with zero attached hydrogens (tertiary/aromatic N) is 3. The van der Waals surface area contributed by atoms with E-state index >= 15 is 0 Å². The first-order valence-corrected chi connectivity index (χ1v) is 13.2. The van der Waals surface area contributed by atoms with Crippen LogP contribution in [0.3, 0.4) is 0 Å². The van der Waals surface area contributed by atoms with Gasteiger partial charge in [0, 0.05) is 32.4 Å². The van der Waals surface area contributed by atoms with Crippen molar-refractivity contribution in [1.82, 2.24) is 9.29 Å². The second-order valence-electron chi connectivity index (χ2n) is 6.22. The van der Waals surface area contributed by atoms with Gasteiger partial charge in [0.15, 0.2) is 15.0 Å². The zero-order valence-electron chi connectivity index (χ0n) is 14.4. The summed E-state index contributed by atoms with van der Waals surface area (Å²) >= 11 is 2.65. The quantitative estimate of drug-likeness (QED) is 0.615. The first kappa shape index (κ1) is 18.8. The molecule has 0 saturated carbocycles. The smallest absolute Gasteiger partial charge is 0.252 e. The number of thiazole rings is 1. The van der Waals surface area contributed by atoms with Crippen LogP contribution in [0, 0.1) is 0 Å². The van der Waals surface area contributed by atoms with Gasteiger partial charge in [-0.25, -0.2) is 21.8 Å². The maximum atomic E-state index is 12.6. The molecule has 1 fully saturated rings. The van der Waals surface area contributed by atoms with E-state index in [0.29, 0.717) is 30.4 Å². The molecule has 27 heavy (non-hydrogen) atoms. The number of sulfone groups is 1. The molecule has 0 bridgehead atoms. The minimum atomic E-state index is -3.43. The minimum Gasteiger partial charge on any atom is -0.345 e. The number of fused-ring (bicyclic) bond motifs is 1. The largest absolute Gasteiger partial charge is 0.345 e. The van der Waals surface area contributed by atoms with Crippen LogP contribution in [0.25, 0.3) is 10.2 Å². The molecule has 1 aromatic carbocycles. The first-order valence-electron chi connectivity index (χ1n) is 8.14. The van der Waals surface area contributed by atoms with E-state index < -0.39 is 19.9 Å². The van der Waals surface area contributed by atoms with Gasteiger partial charge in [-0.15, -0.1) is 11.3 Å². The number of hydrogen-bond donors (Lipinski definition) is 0. The van der Waals surface area contributed by atoms with Crippen molar-refractivity contribution in [2.24, 2.45) is 0 Å². The van der Waals surface area contributed by atoms with Crippen molar-refractivity contribution < 1.29 is 16.8 Å². The molecule has 0 unspecified atom stereocenters. The van der Waals surface area contributed by atoms with Crippen molar-refractivity contribution in [2.75, 3.05) is 37.3 Å². The van der Waals surface area contributed by atoms with Crippen LogP contribution >= 0.6 is 22.7 Å². The van der Waals surface area contributed by atoms with Gasteiger partial charge >= 0.3 is 0 Å². The van der Waals surface area contributed by atoms with Crippen LogP contribution in [-0.2, 0) is 19.9 Å². The zero-order valence-corrected chi connectivity index (χ0v) is 17.7. The van der Waals surface area contributed by atoms with Crippen molar-refractivity contribution >= 4 is 57.9 Å². The number of sulfonamides is 1. The summed E-state index contributed by atoms with van der Waals surface area (Å²) < 4.78 is 51.3. The van der Waals surface area contributed by atoms with Crippen molar-refractivity contribution in [2.45, 2.75) is 9.10 Å². The normalized spacial score (nSPS) is 16.9. The van der Waals surface area contributed by atoms with Crippen LogP contribution in [-0.4, -0.2) is 58.6 Å². The molecular weight excluding hydrogens is 426 g/mol. The van der Waals surface area contributed by atoms with E-state index in [1.165, 1.54) is 33.2 Å². The molecule has 0 aliphatic carbocycles. The summed E-state index contributed by atoms with van der Waals surface area (Å²) in [6.45, 7) is 1.88.